The number of hydrogen-bond acceptors (Lipinski definition) is 3. The molecule has 1 aromatic rings. The van der Waals surface area contributed by atoms with Crippen LogP contribution in [0, 0.1) is 11.8 Å². The highest BCUT2D eigenvalue weighted by Crippen LogP contribution is 2.30. The van der Waals surface area contributed by atoms with Gasteiger partial charge in [0.25, 0.3) is 0 Å². The molecule has 5 heteroatoms. The van der Waals surface area contributed by atoms with Crippen molar-refractivity contribution in [3.05, 3.63) is 24.3 Å². The van der Waals surface area contributed by atoms with Gasteiger partial charge in [0.05, 0.1) is 4.90 Å². The number of ether oxygens (including phenoxy) is 1. The van der Waals surface area contributed by atoms with Gasteiger partial charge in [-0.1, -0.05) is 18.8 Å². The van der Waals surface area contributed by atoms with Crippen LogP contribution in [0.2, 0.25) is 0 Å². The second-order valence-electron chi connectivity index (χ2n) is 5.56. The lowest BCUT2D eigenvalue weighted by molar-refractivity contribution is 0.370. The molecule has 0 radical (unpaired) electrons. The van der Waals surface area contributed by atoms with Crippen LogP contribution in [0.1, 0.15) is 39.5 Å². The van der Waals surface area contributed by atoms with Crippen molar-refractivity contribution in [1.82, 2.24) is 4.72 Å². The van der Waals surface area contributed by atoms with Gasteiger partial charge in [0.15, 0.2) is 0 Å². The molecule has 1 aliphatic carbocycles. The summed E-state index contributed by atoms with van der Waals surface area (Å²) in [6.45, 7) is 4.02. The van der Waals surface area contributed by atoms with E-state index in [1.165, 1.54) is 0 Å². The number of hydrogen-bond donors (Lipinski definition) is 1. The summed E-state index contributed by atoms with van der Waals surface area (Å²) in [5.74, 6) is 6.14. The Labute approximate surface area is 126 Å². The molecule has 4 nitrogen and oxygen atoms in total. The van der Waals surface area contributed by atoms with Crippen LogP contribution >= 0.6 is 0 Å². The third-order valence-electron chi connectivity index (χ3n) is 3.71. The molecule has 1 aromatic carbocycles. The second-order valence-corrected chi connectivity index (χ2v) is 7.24. The highest BCUT2D eigenvalue weighted by molar-refractivity contribution is 7.89. The first-order valence-electron chi connectivity index (χ1n) is 7.12. The zero-order chi connectivity index (χ0) is 15.3. The van der Waals surface area contributed by atoms with Crippen LogP contribution in [0.4, 0.5) is 0 Å². The molecule has 1 N–H and O–H groups in total. The molecule has 1 saturated carbocycles. The van der Waals surface area contributed by atoms with Crippen LogP contribution in [0.25, 0.3) is 0 Å². The number of nitrogens with one attached hydrogen (secondary N) is 1. The lowest BCUT2D eigenvalue weighted by Gasteiger charge is -2.24. The maximum Gasteiger partial charge on any atom is 0.241 e. The molecule has 0 atom stereocenters. The van der Waals surface area contributed by atoms with Gasteiger partial charge in [-0.25, -0.2) is 13.1 Å². The van der Waals surface area contributed by atoms with Crippen LogP contribution in [0.15, 0.2) is 29.2 Å². The van der Waals surface area contributed by atoms with Gasteiger partial charge in [-0.05, 0) is 51.0 Å². The molecular weight excluding hydrogens is 286 g/mol. The first-order valence-corrected chi connectivity index (χ1v) is 8.60. The molecular formula is C16H21NO3S. The van der Waals surface area contributed by atoms with Crippen molar-refractivity contribution in [2.75, 3.05) is 6.61 Å². The lowest BCUT2D eigenvalue weighted by Crippen LogP contribution is -2.43. The van der Waals surface area contributed by atoms with Gasteiger partial charge < -0.3 is 4.74 Å². The van der Waals surface area contributed by atoms with Crippen molar-refractivity contribution >= 4 is 10.0 Å². The second kappa shape index (κ2) is 6.50. The summed E-state index contributed by atoms with van der Waals surface area (Å²) in [5.41, 5.74) is -0.315. The van der Waals surface area contributed by atoms with E-state index in [1.54, 1.807) is 31.2 Å². The van der Waals surface area contributed by atoms with E-state index in [9.17, 15) is 8.42 Å². The van der Waals surface area contributed by atoms with Gasteiger partial charge in [-0.3, -0.25) is 0 Å². The Hall–Kier alpha value is -1.51. The Bertz CT molecular complexity index is 632. The largest absolute Gasteiger partial charge is 0.481 e. The topological polar surface area (TPSA) is 55.4 Å². The van der Waals surface area contributed by atoms with E-state index < -0.39 is 10.0 Å². The maximum absolute atomic E-state index is 12.4. The van der Waals surface area contributed by atoms with E-state index in [-0.39, 0.29) is 10.4 Å². The summed E-state index contributed by atoms with van der Waals surface area (Å²) >= 11 is 0. The third-order valence-corrected chi connectivity index (χ3v) is 5.36. The van der Waals surface area contributed by atoms with Gasteiger partial charge in [-0.15, -0.1) is 5.92 Å². The quantitative estimate of drug-likeness (QED) is 0.851. The van der Waals surface area contributed by atoms with Gasteiger partial charge in [0.2, 0.25) is 10.0 Å². The molecule has 0 amide bonds. The highest BCUT2D eigenvalue weighted by atomic mass is 32.2. The molecule has 0 saturated heterocycles. The van der Waals surface area contributed by atoms with Crippen LogP contribution in [-0.2, 0) is 10.0 Å². The minimum atomic E-state index is -3.48. The third kappa shape index (κ3) is 4.23. The minimum Gasteiger partial charge on any atom is -0.481 e. The Balaban J connectivity index is 2.07. The average Bonchev–Trinajstić information content (AvgIpc) is 2.85. The molecule has 0 unspecified atom stereocenters. The average molecular weight is 307 g/mol. The first-order chi connectivity index (χ1) is 9.95. The van der Waals surface area contributed by atoms with Gasteiger partial charge >= 0.3 is 0 Å². The summed E-state index contributed by atoms with van der Waals surface area (Å²) in [5, 5.41) is 0. The summed E-state index contributed by atoms with van der Waals surface area (Å²) < 4.78 is 33.0. The van der Waals surface area contributed by atoms with E-state index in [1.807, 2.05) is 6.92 Å². The van der Waals surface area contributed by atoms with E-state index in [0.717, 1.165) is 25.7 Å². The molecule has 0 aromatic heterocycles. The predicted octanol–water partition coefficient (Wildman–Crippen LogP) is 2.70. The molecule has 21 heavy (non-hydrogen) atoms. The monoisotopic (exact) mass is 307 g/mol. The molecule has 0 heterocycles. The van der Waals surface area contributed by atoms with Crippen LogP contribution in [-0.4, -0.2) is 20.6 Å². The molecule has 2 rings (SSSR count). The van der Waals surface area contributed by atoms with E-state index in [2.05, 4.69) is 16.6 Å². The number of rotatable bonds is 5. The first kappa shape index (κ1) is 15.9. The van der Waals surface area contributed by atoms with Gasteiger partial charge in [-0.2, -0.15) is 0 Å². The molecule has 0 spiro atoms. The fraction of sp³-hybridized carbons (Fsp3) is 0.500. The molecule has 0 bridgehead atoms. The Kier molecular flexibility index (Phi) is 4.92. The fourth-order valence-corrected chi connectivity index (χ4v) is 4.01. The molecule has 1 fully saturated rings. The van der Waals surface area contributed by atoms with Crippen molar-refractivity contribution < 1.29 is 13.2 Å². The summed E-state index contributed by atoms with van der Waals surface area (Å²) in [6, 6.07) is 6.44. The van der Waals surface area contributed by atoms with E-state index >= 15 is 0 Å². The predicted molar refractivity (Wildman–Crippen MR) is 82.6 cm³/mol. The van der Waals surface area contributed by atoms with Crippen LogP contribution in [0.5, 0.6) is 5.75 Å². The highest BCUT2D eigenvalue weighted by Gasteiger charge is 2.33. The number of benzene rings is 1. The lowest BCUT2D eigenvalue weighted by atomic mass is 10.0. The molecule has 114 valence electrons. The smallest absolute Gasteiger partial charge is 0.241 e. The standard InChI is InChI=1S/C16H21NO3S/c1-3-4-13-20-14-7-9-15(10-8-14)21(18,19)17-16(2)11-5-6-12-16/h7-10,17H,5-6,11-13H2,1-2H3. The van der Waals surface area contributed by atoms with Crippen molar-refractivity contribution in [1.29, 1.82) is 0 Å². The van der Waals surface area contributed by atoms with Crippen molar-refractivity contribution in [2.45, 2.75) is 50.0 Å². The van der Waals surface area contributed by atoms with Gasteiger partial charge in [0.1, 0.15) is 12.4 Å². The summed E-state index contributed by atoms with van der Waals surface area (Å²) in [6.07, 6.45) is 3.93. The Morgan fingerprint density at radius 2 is 1.86 bits per heavy atom. The van der Waals surface area contributed by atoms with Crippen molar-refractivity contribution in [3.8, 4) is 17.6 Å². The van der Waals surface area contributed by atoms with Crippen molar-refractivity contribution in [3.63, 3.8) is 0 Å². The SMILES string of the molecule is CC#CCOc1ccc(S(=O)(=O)NC2(C)CCCC2)cc1. The Morgan fingerprint density at radius 3 is 2.43 bits per heavy atom. The van der Waals surface area contributed by atoms with Crippen LogP contribution in [0.3, 0.4) is 0 Å². The fourth-order valence-electron chi connectivity index (χ4n) is 2.55. The summed E-state index contributed by atoms with van der Waals surface area (Å²) in [4.78, 5) is 0.268. The van der Waals surface area contributed by atoms with Gasteiger partial charge in [0, 0.05) is 5.54 Å². The van der Waals surface area contributed by atoms with Crippen molar-refractivity contribution in [2.24, 2.45) is 0 Å². The molecule has 1 aliphatic rings. The van der Waals surface area contributed by atoms with E-state index in [4.69, 9.17) is 4.74 Å². The summed E-state index contributed by atoms with van der Waals surface area (Å²) in [7, 11) is -3.48. The Morgan fingerprint density at radius 1 is 1.24 bits per heavy atom. The zero-order valence-corrected chi connectivity index (χ0v) is 13.3. The van der Waals surface area contributed by atoms with Crippen LogP contribution < -0.4 is 9.46 Å². The maximum atomic E-state index is 12.4. The minimum absolute atomic E-state index is 0.268. The number of sulfonamides is 1. The normalized spacial score (nSPS) is 17.0. The van der Waals surface area contributed by atoms with E-state index in [0.29, 0.717) is 12.4 Å². The zero-order valence-electron chi connectivity index (χ0n) is 12.5. The molecule has 0 aliphatic heterocycles.